The van der Waals surface area contributed by atoms with Crippen LogP contribution in [0.5, 0.6) is 0 Å². The van der Waals surface area contributed by atoms with E-state index in [2.05, 4.69) is 19.3 Å². The highest BCUT2D eigenvalue weighted by molar-refractivity contribution is 7.94. The van der Waals surface area contributed by atoms with Gasteiger partial charge in [0.05, 0.1) is 0 Å². The molecule has 172 valence electrons. The summed E-state index contributed by atoms with van der Waals surface area (Å²) in [5, 5.41) is 11.8. The van der Waals surface area contributed by atoms with Crippen LogP contribution >= 0.6 is 12.0 Å². The first-order valence-corrected chi connectivity index (χ1v) is 11.2. The standard InChI is InChI=1S/C22H23N5O5S/c23-17-8-6-15(7-9-17)10-11-26-20-19(21(28)27(22(26)29)12-13-33-32-31-30)24-18(25-20)14-16-4-2-1-3-5-16/h1-9,30H,10-14,23H2,(H,24,25). The Morgan fingerprint density at radius 2 is 1.76 bits per heavy atom. The largest absolute Gasteiger partial charge is 0.399 e. The molecule has 0 bridgehead atoms. The first-order chi connectivity index (χ1) is 16.1. The van der Waals surface area contributed by atoms with Crippen molar-refractivity contribution in [3.8, 4) is 0 Å². The molecule has 2 aromatic carbocycles. The summed E-state index contributed by atoms with van der Waals surface area (Å²) in [6.45, 7) is 0.398. The lowest BCUT2D eigenvalue weighted by Gasteiger charge is -2.11. The Bertz CT molecular complexity index is 1330. The number of nitrogen functional groups attached to an aromatic ring is 1. The maximum atomic E-state index is 13.2. The lowest BCUT2D eigenvalue weighted by molar-refractivity contribution is -0.432. The van der Waals surface area contributed by atoms with Gasteiger partial charge in [-0.2, -0.15) is 0 Å². The van der Waals surface area contributed by atoms with Crippen molar-refractivity contribution in [1.82, 2.24) is 19.1 Å². The second-order valence-corrected chi connectivity index (χ2v) is 8.17. The summed E-state index contributed by atoms with van der Waals surface area (Å²) in [6.07, 6.45) is 1.06. The molecule has 0 aliphatic carbocycles. The van der Waals surface area contributed by atoms with E-state index in [1.807, 2.05) is 54.6 Å². The third kappa shape index (κ3) is 5.34. The Morgan fingerprint density at radius 3 is 2.48 bits per heavy atom. The van der Waals surface area contributed by atoms with E-state index in [-0.39, 0.29) is 17.8 Å². The quantitative estimate of drug-likeness (QED) is 0.106. The van der Waals surface area contributed by atoms with Crippen molar-refractivity contribution >= 4 is 28.9 Å². The van der Waals surface area contributed by atoms with Crippen LogP contribution in [0.2, 0.25) is 0 Å². The van der Waals surface area contributed by atoms with Gasteiger partial charge in [-0.05, 0) is 29.7 Å². The van der Waals surface area contributed by atoms with Crippen molar-refractivity contribution in [3.63, 3.8) is 0 Å². The molecular weight excluding hydrogens is 446 g/mol. The molecule has 4 aromatic rings. The zero-order valence-corrected chi connectivity index (χ0v) is 18.5. The average Bonchev–Trinajstić information content (AvgIpc) is 3.24. The molecule has 0 amide bonds. The predicted octanol–water partition coefficient (Wildman–Crippen LogP) is 2.37. The molecule has 0 radical (unpaired) electrons. The number of nitrogens with two attached hydrogens (primary N) is 1. The Kier molecular flexibility index (Phi) is 7.25. The molecule has 10 nitrogen and oxygen atoms in total. The minimum atomic E-state index is -0.466. The van der Waals surface area contributed by atoms with Gasteiger partial charge in [-0.25, -0.2) is 15.0 Å². The second kappa shape index (κ2) is 10.5. The van der Waals surface area contributed by atoms with Crippen LogP contribution in [0.3, 0.4) is 0 Å². The zero-order chi connectivity index (χ0) is 23.2. The van der Waals surface area contributed by atoms with E-state index in [9.17, 15) is 9.59 Å². The van der Waals surface area contributed by atoms with Crippen molar-refractivity contribution in [2.24, 2.45) is 0 Å². The summed E-state index contributed by atoms with van der Waals surface area (Å²) >= 11 is 0.778. The van der Waals surface area contributed by atoms with Gasteiger partial charge in [0, 0.05) is 43.0 Å². The number of anilines is 1. The number of nitrogens with one attached hydrogen (secondary N) is 1. The number of aryl methyl sites for hydroxylation is 2. The van der Waals surface area contributed by atoms with Gasteiger partial charge < -0.3 is 10.7 Å². The van der Waals surface area contributed by atoms with Crippen LogP contribution in [-0.4, -0.2) is 30.1 Å². The Labute approximate surface area is 192 Å². The third-order valence-electron chi connectivity index (χ3n) is 5.21. The smallest absolute Gasteiger partial charge is 0.332 e. The highest BCUT2D eigenvalue weighted by atomic mass is 32.2. The molecule has 4 N–H and O–H groups in total. The summed E-state index contributed by atoms with van der Waals surface area (Å²) < 4.78 is 6.99. The van der Waals surface area contributed by atoms with E-state index < -0.39 is 11.2 Å². The number of nitrogens with zero attached hydrogens (tertiary/aromatic N) is 3. The molecule has 0 unspecified atom stereocenters. The van der Waals surface area contributed by atoms with Crippen molar-refractivity contribution in [2.45, 2.75) is 25.9 Å². The van der Waals surface area contributed by atoms with Gasteiger partial charge in [0.1, 0.15) is 11.3 Å². The van der Waals surface area contributed by atoms with Gasteiger partial charge in [-0.15, -0.1) is 4.33 Å². The fourth-order valence-electron chi connectivity index (χ4n) is 3.60. The topological polar surface area (TPSA) is 137 Å². The molecule has 0 aliphatic rings. The monoisotopic (exact) mass is 469 g/mol. The molecular formula is C22H23N5O5S. The van der Waals surface area contributed by atoms with Crippen molar-refractivity contribution < 1.29 is 14.6 Å². The Morgan fingerprint density at radius 1 is 1.00 bits per heavy atom. The normalized spacial score (nSPS) is 11.3. The second-order valence-electron chi connectivity index (χ2n) is 7.39. The van der Waals surface area contributed by atoms with E-state index in [1.165, 1.54) is 4.57 Å². The average molecular weight is 470 g/mol. The summed E-state index contributed by atoms with van der Waals surface area (Å²) in [6, 6.07) is 17.2. The van der Waals surface area contributed by atoms with E-state index in [4.69, 9.17) is 11.0 Å². The molecule has 0 saturated heterocycles. The maximum absolute atomic E-state index is 13.2. The molecule has 0 atom stereocenters. The molecule has 2 aromatic heterocycles. The zero-order valence-electron chi connectivity index (χ0n) is 17.6. The maximum Gasteiger partial charge on any atom is 0.332 e. The highest BCUT2D eigenvalue weighted by Gasteiger charge is 2.17. The SMILES string of the molecule is Nc1ccc(CCn2c(=O)n(CCSOOO)c(=O)c3[nH]c(Cc4ccccc4)nc32)cc1. The van der Waals surface area contributed by atoms with Gasteiger partial charge in [0.15, 0.2) is 5.65 Å². The van der Waals surface area contributed by atoms with Crippen LogP contribution in [0.15, 0.2) is 64.2 Å². The first kappa shape index (κ1) is 22.8. The van der Waals surface area contributed by atoms with Crippen LogP contribution in [0.25, 0.3) is 11.2 Å². The van der Waals surface area contributed by atoms with E-state index in [0.29, 0.717) is 36.5 Å². The number of hydrogen-bond donors (Lipinski definition) is 3. The lowest BCUT2D eigenvalue weighted by Crippen LogP contribution is -2.41. The summed E-state index contributed by atoms with van der Waals surface area (Å²) in [5.74, 6) is 0.808. The fraction of sp³-hybridized carbons (Fsp3) is 0.227. The summed E-state index contributed by atoms with van der Waals surface area (Å²) in [5.41, 5.74) is 8.12. The summed E-state index contributed by atoms with van der Waals surface area (Å²) in [4.78, 5) is 34.0. The molecule has 33 heavy (non-hydrogen) atoms. The van der Waals surface area contributed by atoms with Gasteiger partial charge in [-0.1, -0.05) is 47.5 Å². The number of fused-ring (bicyclic) bond motifs is 1. The van der Waals surface area contributed by atoms with Crippen LogP contribution in [0, 0.1) is 0 Å². The van der Waals surface area contributed by atoms with Crippen molar-refractivity contribution in [2.75, 3.05) is 11.5 Å². The number of aromatic nitrogens is 4. The van der Waals surface area contributed by atoms with E-state index >= 15 is 0 Å². The molecule has 2 heterocycles. The minimum Gasteiger partial charge on any atom is -0.399 e. The first-order valence-electron chi connectivity index (χ1n) is 10.3. The number of benzene rings is 2. The number of imidazole rings is 1. The van der Waals surface area contributed by atoms with Crippen molar-refractivity contribution in [1.29, 1.82) is 0 Å². The lowest BCUT2D eigenvalue weighted by atomic mass is 10.1. The molecule has 0 saturated carbocycles. The van der Waals surface area contributed by atoms with E-state index in [0.717, 1.165) is 27.7 Å². The number of hydrogen-bond acceptors (Lipinski definition) is 8. The van der Waals surface area contributed by atoms with Gasteiger partial charge in [0.25, 0.3) is 5.56 Å². The number of aromatic amines is 1. The van der Waals surface area contributed by atoms with Crippen LogP contribution in [-0.2, 0) is 35.3 Å². The molecule has 0 aliphatic heterocycles. The van der Waals surface area contributed by atoms with Crippen molar-refractivity contribution in [3.05, 3.63) is 92.4 Å². The molecule has 11 heteroatoms. The van der Waals surface area contributed by atoms with Crippen LogP contribution < -0.4 is 17.0 Å². The van der Waals surface area contributed by atoms with E-state index in [1.54, 1.807) is 0 Å². The minimum absolute atomic E-state index is 0.0660. The van der Waals surface area contributed by atoms with Crippen LogP contribution in [0.1, 0.15) is 17.0 Å². The summed E-state index contributed by atoms with van der Waals surface area (Å²) in [7, 11) is 0. The van der Waals surface area contributed by atoms with Crippen LogP contribution in [0.4, 0.5) is 5.69 Å². The third-order valence-corrected chi connectivity index (χ3v) is 5.71. The highest BCUT2D eigenvalue weighted by Crippen LogP contribution is 2.13. The molecule has 4 rings (SSSR count). The number of rotatable bonds is 10. The predicted molar refractivity (Wildman–Crippen MR) is 126 cm³/mol. The van der Waals surface area contributed by atoms with Gasteiger partial charge >= 0.3 is 5.69 Å². The van der Waals surface area contributed by atoms with Gasteiger partial charge in [0.2, 0.25) is 0 Å². The number of H-pyrrole nitrogens is 1. The van der Waals surface area contributed by atoms with Gasteiger partial charge in [-0.3, -0.25) is 13.9 Å². The Balaban J connectivity index is 1.71. The fourth-order valence-corrected chi connectivity index (χ4v) is 3.96. The molecule has 0 fully saturated rings. The Hall–Kier alpha value is -3.38. The molecule has 0 spiro atoms.